The third-order valence-electron chi connectivity index (χ3n) is 2.72. The van der Waals surface area contributed by atoms with Crippen molar-refractivity contribution in [1.29, 1.82) is 0 Å². The van der Waals surface area contributed by atoms with Crippen LogP contribution in [0.1, 0.15) is 27.7 Å². The number of carbonyl (C=O) groups is 1. The maximum Gasteiger partial charge on any atom is 0.249 e. The number of nitrogens with two attached hydrogens (primary N) is 1. The van der Waals surface area contributed by atoms with E-state index in [0.29, 0.717) is 19.7 Å². The first-order valence-corrected chi connectivity index (χ1v) is 6.08. The van der Waals surface area contributed by atoms with Crippen LogP contribution in [0.5, 0.6) is 0 Å². The van der Waals surface area contributed by atoms with Gasteiger partial charge in [-0.05, 0) is 27.7 Å². The number of hydrogen-bond acceptors (Lipinski definition) is 4. The van der Waals surface area contributed by atoms with Crippen molar-refractivity contribution in [3.63, 3.8) is 0 Å². The minimum Gasteiger partial charge on any atom is -0.373 e. The molecule has 0 saturated carbocycles. The Hall–Kier alpha value is -0.650. The van der Waals surface area contributed by atoms with E-state index in [0.717, 1.165) is 0 Å². The van der Waals surface area contributed by atoms with Gasteiger partial charge in [-0.2, -0.15) is 0 Å². The molecule has 0 aromatic rings. The lowest BCUT2D eigenvalue weighted by atomic mass is 10.2. The number of ether oxygens (including phenoxy) is 2. The Kier molecular flexibility index (Phi) is 4.91. The summed E-state index contributed by atoms with van der Waals surface area (Å²) in [4.78, 5) is 13.8. The first-order valence-electron chi connectivity index (χ1n) is 6.08. The van der Waals surface area contributed by atoms with Crippen LogP contribution in [-0.4, -0.2) is 54.9 Å². The summed E-state index contributed by atoms with van der Waals surface area (Å²) in [6.07, 6.45) is -0.0511. The summed E-state index contributed by atoms with van der Waals surface area (Å²) in [5.74, 6) is 0.00850. The Balaban J connectivity index is 2.49. The second-order valence-electron chi connectivity index (χ2n) is 5.49. The van der Waals surface area contributed by atoms with Gasteiger partial charge in [-0.1, -0.05) is 0 Å². The summed E-state index contributed by atoms with van der Waals surface area (Å²) in [5, 5.41) is 0. The second-order valence-corrected chi connectivity index (χ2v) is 5.49. The van der Waals surface area contributed by atoms with Crippen LogP contribution in [0.3, 0.4) is 0 Å². The Morgan fingerprint density at radius 2 is 2.18 bits per heavy atom. The van der Waals surface area contributed by atoms with Crippen LogP contribution in [-0.2, 0) is 14.3 Å². The van der Waals surface area contributed by atoms with E-state index < -0.39 is 0 Å². The molecular formula is C12H24N2O3. The van der Waals surface area contributed by atoms with Crippen molar-refractivity contribution in [1.82, 2.24) is 4.90 Å². The zero-order valence-electron chi connectivity index (χ0n) is 11.2. The highest BCUT2D eigenvalue weighted by Crippen LogP contribution is 2.13. The van der Waals surface area contributed by atoms with Gasteiger partial charge in [-0.3, -0.25) is 4.79 Å². The predicted molar refractivity (Wildman–Crippen MR) is 65.7 cm³/mol. The highest BCUT2D eigenvalue weighted by Gasteiger charge is 2.29. The maximum absolute atomic E-state index is 12.0. The van der Waals surface area contributed by atoms with E-state index in [9.17, 15) is 4.79 Å². The van der Waals surface area contributed by atoms with Gasteiger partial charge >= 0.3 is 0 Å². The summed E-state index contributed by atoms with van der Waals surface area (Å²) in [6.45, 7) is 9.44. The smallest absolute Gasteiger partial charge is 0.249 e. The van der Waals surface area contributed by atoms with Crippen LogP contribution in [0.4, 0.5) is 0 Å². The van der Waals surface area contributed by atoms with Crippen molar-refractivity contribution in [2.45, 2.75) is 45.4 Å². The molecule has 5 heteroatoms. The van der Waals surface area contributed by atoms with Crippen LogP contribution >= 0.6 is 0 Å². The van der Waals surface area contributed by atoms with E-state index >= 15 is 0 Å². The fourth-order valence-electron chi connectivity index (χ4n) is 1.67. The zero-order valence-corrected chi connectivity index (χ0v) is 11.2. The summed E-state index contributed by atoms with van der Waals surface area (Å²) in [7, 11) is 0. The molecular weight excluding hydrogens is 220 g/mol. The van der Waals surface area contributed by atoms with Crippen molar-refractivity contribution in [2.75, 3.05) is 26.3 Å². The first-order chi connectivity index (χ1) is 7.83. The molecule has 1 heterocycles. The molecule has 100 valence electrons. The lowest BCUT2D eigenvalue weighted by Gasteiger charge is -2.38. The molecule has 2 atom stereocenters. The summed E-state index contributed by atoms with van der Waals surface area (Å²) in [5.41, 5.74) is 5.27. The summed E-state index contributed by atoms with van der Waals surface area (Å²) >= 11 is 0. The molecule has 2 unspecified atom stereocenters. The lowest BCUT2D eigenvalue weighted by Crippen LogP contribution is -2.54. The van der Waals surface area contributed by atoms with Gasteiger partial charge in [0, 0.05) is 13.1 Å². The van der Waals surface area contributed by atoms with Crippen molar-refractivity contribution >= 4 is 5.91 Å². The van der Waals surface area contributed by atoms with Gasteiger partial charge in [-0.15, -0.1) is 0 Å². The SMILES string of the molecule is CC1COC(CN)CN1C(=O)COC(C)(C)C. The molecule has 0 aromatic carbocycles. The van der Waals surface area contributed by atoms with Crippen LogP contribution in [0, 0.1) is 0 Å². The summed E-state index contributed by atoms with van der Waals surface area (Å²) < 4.78 is 11.0. The van der Waals surface area contributed by atoms with Crippen LogP contribution in [0.2, 0.25) is 0 Å². The average Bonchev–Trinajstić information content (AvgIpc) is 2.25. The third-order valence-corrected chi connectivity index (χ3v) is 2.72. The monoisotopic (exact) mass is 244 g/mol. The van der Waals surface area contributed by atoms with Gasteiger partial charge in [0.2, 0.25) is 5.91 Å². The van der Waals surface area contributed by atoms with Gasteiger partial charge in [-0.25, -0.2) is 0 Å². The normalized spacial score (nSPS) is 26.1. The van der Waals surface area contributed by atoms with Gasteiger partial charge < -0.3 is 20.1 Å². The molecule has 1 saturated heterocycles. The van der Waals surface area contributed by atoms with E-state index in [2.05, 4.69) is 0 Å². The molecule has 0 bridgehead atoms. The fraction of sp³-hybridized carbons (Fsp3) is 0.917. The molecule has 0 spiro atoms. The van der Waals surface area contributed by atoms with Crippen LogP contribution < -0.4 is 5.73 Å². The second kappa shape index (κ2) is 5.80. The average molecular weight is 244 g/mol. The quantitative estimate of drug-likeness (QED) is 0.779. The highest BCUT2D eigenvalue weighted by atomic mass is 16.5. The number of carbonyl (C=O) groups excluding carboxylic acids is 1. The predicted octanol–water partition coefficient (Wildman–Crippen LogP) is 0.376. The topological polar surface area (TPSA) is 64.8 Å². The molecule has 1 rings (SSSR count). The van der Waals surface area contributed by atoms with Crippen molar-refractivity contribution < 1.29 is 14.3 Å². The van der Waals surface area contributed by atoms with Crippen molar-refractivity contribution in [2.24, 2.45) is 5.73 Å². The van der Waals surface area contributed by atoms with Gasteiger partial charge in [0.15, 0.2) is 0 Å². The Labute approximate surface area is 103 Å². The van der Waals surface area contributed by atoms with Crippen molar-refractivity contribution in [3.05, 3.63) is 0 Å². The molecule has 1 aliphatic heterocycles. The van der Waals surface area contributed by atoms with E-state index in [1.807, 2.05) is 27.7 Å². The Morgan fingerprint density at radius 3 is 2.71 bits per heavy atom. The number of amides is 1. The molecule has 0 radical (unpaired) electrons. The zero-order chi connectivity index (χ0) is 13.1. The molecule has 1 fully saturated rings. The number of morpholine rings is 1. The van der Waals surface area contributed by atoms with Crippen LogP contribution in [0.15, 0.2) is 0 Å². The van der Waals surface area contributed by atoms with Crippen molar-refractivity contribution in [3.8, 4) is 0 Å². The fourth-order valence-corrected chi connectivity index (χ4v) is 1.67. The van der Waals surface area contributed by atoms with E-state index in [1.54, 1.807) is 4.90 Å². The van der Waals surface area contributed by atoms with Gasteiger partial charge in [0.1, 0.15) is 6.61 Å². The summed E-state index contributed by atoms with van der Waals surface area (Å²) in [6, 6.07) is 0.0915. The highest BCUT2D eigenvalue weighted by molar-refractivity contribution is 5.78. The lowest BCUT2D eigenvalue weighted by molar-refractivity contribution is -0.152. The standard InChI is InChI=1S/C12H24N2O3/c1-9-7-16-10(5-13)6-14(9)11(15)8-17-12(2,3)4/h9-10H,5-8,13H2,1-4H3. The largest absolute Gasteiger partial charge is 0.373 e. The molecule has 5 nitrogen and oxygen atoms in total. The molecule has 0 aromatic heterocycles. The molecule has 1 amide bonds. The number of hydrogen-bond donors (Lipinski definition) is 1. The van der Waals surface area contributed by atoms with Gasteiger partial charge in [0.25, 0.3) is 0 Å². The first kappa shape index (κ1) is 14.4. The molecule has 0 aliphatic carbocycles. The van der Waals surface area contributed by atoms with E-state index in [4.69, 9.17) is 15.2 Å². The van der Waals surface area contributed by atoms with E-state index in [1.165, 1.54) is 0 Å². The Bertz CT molecular complexity index is 263. The molecule has 17 heavy (non-hydrogen) atoms. The Morgan fingerprint density at radius 1 is 1.53 bits per heavy atom. The number of rotatable bonds is 3. The minimum absolute atomic E-state index is 0.00850. The minimum atomic E-state index is -0.293. The third kappa shape index (κ3) is 4.61. The maximum atomic E-state index is 12.0. The molecule has 2 N–H and O–H groups in total. The number of nitrogens with zero attached hydrogens (tertiary/aromatic N) is 1. The van der Waals surface area contributed by atoms with Crippen LogP contribution in [0.25, 0.3) is 0 Å². The molecule has 1 aliphatic rings. The van der Waals surface area contributed by atoms with E-state index in [-0.39, 0.29) is 30.3 Å². The van der Waals surface area contributed by atoms with Gasteiger partial charge in [0.05, 0.1) is 24.4 Å².